The number of rotatable bonds is 5. The highest BCUT2D eigenvalue weighted by Crippen LogP contribution is 2.19. The van der Waals surface area contributed by atoms with Crippen LogP contribution in [0.5, 0.6) is 0 Å². The molecule has 1 aromatic carbocycles. The summed E-state index contributed by atoms with van der Waals surface area (Å²) in [5, 5.41) is 10.7. The Balaban J connectivity index is 2.61. The molecule has 0 bridgehead atoms. The Kier molecular flexibility index (Phi) is 4.98. The van der Waals surface area contributed by atoms with E-state index in [2.05, 4.69) is 4.74 Å². The number of ether oxygens (including phenoxy) is 1. The highest BCUT2D eigenvalue weighted by molar-refractivity contribution is 5.85. The van der Waals surface area contributed by atoms with Gasteiger partial charge >= 0.3 is 11.9 Å². The lowest BCUT2D eigenvalue weighted by Crippen LogP contribution is -2.12. The van der Waals surface area contributed by atoms with Gasteiger partial charge < -0.3 is 4.74 Å². The van der Waals surface area contributed by atoms with Gasteiger partial charge in [0, 0.05) is 18.1 Å². The number of nitro groups is 1. The van der Waals surface area contributed by atoms with Gasteiger partial charge in [-0.15, -0.1) is 0 Å². The number of aryl methyl sites for hydroxylation is 1. The van der Waals surface area contributed by atoms with Crippen molar-refractivity contribution in [3.63, 3.8) is 0 Å². The Bertz CT molecular complexity index is 469. The van der Waals surface area contributed by atoms with Gasteiger partial charge in [0.1, 0.15) is 0 Å². The first-order valence-electron chi connectivity index (χ1n) is 5.50. The Morgan fingerprint density at radius 1 is 1.28 bits per heavy atom. The molecule has 1 aromatic rings. The summed E-state index contributed by atoms with van der Waals surface area (Å²) in [5.74, 6) is -1.26. The van der Waals surface area contributed by atoms with Crippen molar-refractivity contribution < 1.29 is 19.2 Å². The maximum absolute atomic E-state index is 11.3. The molecule has 6 heteroatoms. The van der Waals surface area contributed by atoms with Gasteiger partial charge in [-0.1, -0.05) is 25.1 Å². The fourth-order valence-electron chi connectivity index (χ4n) is 1.39. The molecule has 0 fully saturated rings. The highest BCUT2D eigenvalue weighted by atomic mass is 16.6. The zero-order valence-electron chi connectivity index (χ0n) is 9.92. The monoisotopic (exact) mass is 251 g/mol. The lowest BCUT2D eigenvalue weighted by Gasteiger charge is -2.02. The molecule has 6 nitrogen and oxygen atoms in total. The van der Waals surface area contributed by atoms with Crippen LogP contribution in [0.1, 0.15) is 25.3 Å². The van der Waals surface area contributed by atoms with Gasteiger partial charge in [-0.3, -0.25) is 19.7 Å². The number of nitro benzene ring substituents is 1. The van der Waals surface area contributed by atoms with Crippen molar-refractivity contribution in [1.29, 1.82) is 0 Å². The standard InChI is InChI=1S/C12H13NO5/c1-2-11(14)18-12(15)8-7-9-5-3-4-6-10(9)13(16)17/h3-6H,2,7-8H2,1H3. The van der Waals surface area contributed by atoms with E-state index < -0.39 is 16.9 Å². The Hall–Kier alpha value is -2.24. The summed E-state index contributed by atoms with van der Waals surface area (Å²) < 4.78 is 4.47. The SMILES string of the molecule is CCC(=O)OC(=O)CCc1ccccc1[N+](=O)[O-]. The maximum atomic E-state index is 11.3. The van der Waals surface area contributed by atoms with Crippen molar-refractivity contribution in [1.82, 2.24) is 0 Å². The smallest absolute Gasteiger partial charge is 0.313 e. The summed E-state index contributed by atoms with van der Waals surface area (Å²) in [4.78, 5) is 32.3. The third-order valence-electron chi connectivity index (χ3n) is 2.30. The third kappa shape index (κ3) is 3.97. The lowest BCUT2D eigenvalue weighted by atomic mass is 10.1. The Labute approximate surface area is 104 Å². The fraction of sp³-hybridized carbons (Fsp3) is 0.333. The van der Waals surface area contributed by atoms with Crippen molar-refractivity contribution >= 4 is 17.6 Å². The summed E-state index contributed by atoms with van der Waals surface area (Å²) in [6.07, 6.45) is 0.237. The Morgan fingerprint density at radius 3 is 2.56 bits per heavy atom. The molecular weight excluding hydrogens is 238 g/mol. The van der Waals surface area contributed by atoms with Crippen LogP contribution in [0.4, 0.5) is 5.69 Å². The predicted octanol–water partition coefficient (Wildman–Crippen LogP) is 2.01. The van der Waals surface area contributed by atoms with E-state index in [4.69, 9.17) is 0 Å². The molecule has 96 valence electrons. The number of benzene rings is 1. The first kappa shape index (κ1) is 13.8. The van der Waals surface area contributed by atoms with E-state index in [1.54, 1.807) is 25.1 Å². The van der Waals surface area contributed by atoms with Crippen molar-refractivity contribution in [3.8, 4) is 0 Å². The molecule has 0 unspecified atom stereocenters. The van der Waals surface area contributed by atoms with Crippen molar-refractivity contribution in [2.24, 2.45) is 0 Å². The first-order chi connectivity index (χ1) is 8.54. The molecule has 0 atom stereocenters. The van der Waals surface area contributed by atoms with E-state index in [0.717, 1.165) is 0 Å². The summed E-state index contributed by atoms with van der Waals surface area (Å²) in [6.45, 7) is 1.58. The molecule has 0 amide bonds. The van der Waals surface area contributed by atoms with E-state index in [-0.39, 0.29) is 24.9 Å². The normalized spacial score (nSPS) is 9.83. The van der Waals surface area contributed by atoms with Crippen LogP contribution in [0.25, 0.3) is 0 Å². The number of esters is 2. The van der Waals surface area contributed by atoms with E-state index in [9.17, 15) is 19.7 Å². The quantitative estimate of drug-likeness (QED) is 0.346. The van der Waals surface area contributed by atoms with Gasteiger partial charge in [0.25, 0.3) is 5.69 Å². The molecule has 0 saturated heterocycles. The minimum Gasteiger partial charge on any atom is -0.393 e. The third-order valence-corrected chi connectivity index (χ3v) is 2.30. The van der Waals surface area contributed by atoms with E-state index in [1.165, 1.54) is 6.07 Å². The number of carbonyl (C=O) groups excluding carboxylic acids is 2. The average Bonchev–Trinajstić information content (AvgIpc) is 2.36. The molecule has 0 aliphatic heterocycles. The molecule has 0 N–H and O–H groups in total. The van der Waals surface area contributed by atoms with Crippen LogP contribution in [0.2, 0.25) is 0 Å². The molecular formula is C12H13NO5. The summed E-state index contributed by atoms with van der Waals surface area (Å²) >= 11 is 0. The molecule has 18 heavy (non-hydrogen) atoms. The van der Waals surface area contributed by atoms with Gasteiger partial charge in [-0.25, -0.2) is 0 Å². The minimum atomic E-state index is -0.667. The van der Waals surface area contributed by atoms with Gasteiger partial charge in [0.05, 0.1) is 11.3 Å². The van der Waals surface area contributed by atoms with Crippen LogP contribution in [-0.4, -0.2) is 16.9 Å². The average molecular weight is 251 g/mol. The highest BCUT2D eigenvalue weighted by Gasteiger charge is 2.15. The molecule has 0 saturated carbocycles. The zero-order valence-corrected chi connectivity index (χ0v) is 9.92. The van der Waals surface area contributed by atoms with Crippen LogP contribution in [-0.2, 0) is 20.7 Å². The van der Waals surface area contributed by atoms with E-state index in [1.807, 2.05) is 0 Å². The van der Waals surface area contributed by atoms with Crippen molar-refractivity contribution in [2.75, 3.05) is 0 Å². The minimum absolute atomic E-state index is 0.0351. The molecule has 1 rings (SSSR count). The summed E-state index contributed by atoms with van der Waals surface area (Å²) in [5.41, 5.74) is 0.413. The van der Waals surface area contributed by atoms with Crippen LogP contribution in [0.3, 0.4) is 0 Å². The van der Waals surface area contributed by atoms with Crippen molar-refractivity contribution in [3.05, 3.63) is 39.9 Å². The molecule has 0 heterocycles. The first-order valence-corrected chi connectivity index (χ1v) is 5.50. The van der Waals surface area contributed by atoms with Crippen molar-refractivity contribution in [2.45, 2.75) is 26.2 Å². The number of para-hydroxylation sites is 1. The molecule has 0 aromatic heterocycles. The lowest BCUT2D eigenvalue weighted by molar-refractivity contribution is -0.385. The molecule has 0 aliphatic rings. The Morgan fingerprint density at radius 2 is 1.94 bits per heavy atom. The topological polar surface area (TPSA) is 86.5 Å². The second-order valence-electron chi connectivity index (χ2n) is 3.59. The van der Waals surface area contributed by atoms with Crippen LogP contribution in [0.15, 0.2) is 24.3 Å². The summed E-state index contributed by atoms with van der Waals surface area (Å²) in [6, 6.07) is 6.16. The van der Waals surface area contributed by atoms with Gasteiger partial charge in [0.2, 0.25) is 0 Å². The number of nitrogens with zero attached hydrogens (tertiary/aromatic N) is 1. The second-order valence-corrected chi connectivity index (χ2v) is 3.59. The van der Waals surface area contributed by atoms with E-state index >= 15 is 0 Å². The zero-order chi connectivity index (χ0) is 13.5. The van der Waals surface area contributed by atoms with Crippen LogP contribution < -0.4 is 0 Å². The van der Waals surface area contributed by atoms with E-state index in [0.29, 0.717) is 5.56 Å². The maximum Gasteiger partial charge on any atom is 0.313 e. The number of hydrogen-bond donors (Lipinski definition) is 0. The van der Waals surface area contributed by atoms with Crippen LogP contribution in [0, 0.1) is 10.1 Å². The largest absolute Gasteiger partial charge is 0.393 e. The molecule has 0 aliphatic carbocycles. The van der Waals surface area contributed by atoms with Gasteiger partial charge in [-0.05, 0) is 6.42 Å². The number of carbonyl (C=O) groups is 2. The molecule has 0 spiro atoms. The van der Waals surface area contributed by atoms with Gasteiger partial charge in [0.15, 0.2) is 0 Å². The predicted molar refractivity (Wildman–Crippen MR) is 62.8 cm³/mol. The summed E-state index contributed by atoms with van der Waals surface area (Å²) in [7, 11) is 0. The second kappa shape index (κ2) is 6.48. The molecule has 0 radical (unpaired) electrons. The van der Waals surface area contributed by atoms with Crippen LogP contribution >= 0.6 is 0 Å². The fourth-order valence-corrected chi connectivity index (χ4v) is 1.39. The number of hydrogen-bond acceptors (Lipinski definition) is 5. The van der Waals surface area contributed by atoms with Gasteiger partial charge in [-0.2, -0.15) is 0 Å².